The van der Waals surface area contributed by atoms with Crippen LogP contribution in [0.1, 0.15) is 128 Å². The Bertz CT molecular complexity index is 745. The number of ether oxygens (including phenoxy) is 1. The number of aromatic nitrogens is 2. The first kappa shape index (κ1) is 27.2. The van der Waals surface area contributed by atoms with Gasteiger partial charge in [-0.3, -0.25) is 14.3 Å². The molecule has 1 aliphatic heterocycles. The highest BCUT2D eigenvalue weighted by Gasteiger charge is 2.34. The van der Waals surface area contributed by atoms with Crippen LogP contribution in [0.15, 0.2) is 15.8 Å². The first-order valence-corrected chi connectivity index (χ1v) is 13.7. The molecule has 0 unspecified atom stereocenters. The fourth-order valence-corrected chi connectivity index (χ4v) is 5.06. The quantitative estimate of drug-likeness (QED) is 0.198. The zero-order valence-electron chi connectivity index (χ0n) is 20.4. The van der Waals surface area contributed by atoms with Gasteiger partial charge in [0.25, 0.3) is 5.56 Å². The molecule has 2 rings (SSSR count). The van der Waals surface area contributed by atoms with Gasteiger partial charge in [0.1, 0.15) is 6.23 Å². The van der Waals surface area contributed by atoms with Gasteiger partial charge < -0.3 is 4.74 Å². The Balaban J connectivity index is 1.47. The highest BCUT2D eigenvalue weighted by molar-refractivity contribution is 7.81. The Labute approximate surface area is 200 Å². The molecule has 0 spiro atoms. The molecule has 0 bridgehead atoms. The van der Waals surface area contributed by atoms with Gasteiger partial charge in [0, 0.05) is 23.4 Å². The van der Waals surface area contributed by atoms with Gasteiger partial charge in [-0.1, -0.05) is 103 Å². The fraction of sp³-hybridized carbons (Fsp3) is 0.846. The Morgan fingerprint density at radius 3 is 1.94 bits per heavy atom. The molecular weight excluding hydrogens is 420 g/mol. The summed E-state index contributed by atoms with van der Waals surface area (Å²) in [6, 6.07) is 0. The number of aryl methyl sites for hydroxylation is 1. The van der Waals surface area contributed by atoms with Crippen LogP contribution in [0.2, 0.25) is 0 Å². The first-order chi connectivity index (χ1) is 15.5. The SMILES string of the molecule is CCCCCCCCCCCCCCCCC[C@H]1O[C@@H](n2cc(C)c(=O)[nH]c2=O)C[C@@H]1S. The second-order valence-corrected chi connectivity index (χ2v) is 10.3. The summed E-state index contributed by atoms with van der Waals surface area (Å²) in [5, 5.41) is 0.130. The van der Waals surface area contributed by atoms with Gasteiger partial charge in [-0.25, -0.2) is 4.79 Å². The predicted octanol–water partition coefficient (Wildman–Crippen LogP) is 6.69. The van der Waals surface area contributed by atoms with Crippen LogP contribution in [0.3, 0.4) is 0 Å². The van der Waals surface area contributed by atoms with Gasteiger partial charge in [0.05, 0.1) is 6.10 Å². The zero-order chi connectivity index (χ0) is 23.2. The van der Waals surface area contributed by atoms with E-state index >= 15 is 0 Å². The van der Waals surface area contributed by atoms with Crippen LogP contribution < -0.4 is 11.2 Å². The predicted molar refractivity (Wildman–Crippen MR) is 137 cm³/mol. The number of nitrogens with one attached hydrogen (secondary N) is 1. The third-order valence-electron chi connectivity index (χ3n) is 6.75. The summed E-state index contributed by atoms with van der Waals surface area (Å²) >= 11 is 4.69. The van der Waals surface area contributed by atoms with Crippen molar-refractivity contribution < 1.29 is 4.74 Å². The van der Waals surface area contributed by atoms with E-state index in [-0.39, 0.29) is 23.1 Å². The van der Waals surface area contributed by atoms with Gasteiger partial charge >= 0.3 is 5.69 Å². The lowest BCUT2D eigenvalue weighted by atomic mass is 10.0. The van der Waals surface area contributed by atoms with Crippen molar-refractivity contribution in [3.05, 3.63) is 32.6 Å². The summed E-state index contributed by atoms with van der Waals surface area (Å²) in [7, 11) is 0. The van der Waals surface area contributed by atoms with Crippen LogP contribution in [0, 0.1) is 6.92 Å². The number of nitrogens with zero attached hydrogens (tertiary/aromatic N) is 1. The van der Waals surface area contributed by atoms with E-state index in [0.29, 0.717) is 12.0 Å². The van der Waals surface area contributed by atoms with E-state index in [1.54, 1.807) is 13.1 Å². The maximum absolute atomic E-state index is 12.1. The van der Waals surface area contributed by atoms with Crippen LogP contribution in [-0.4, -0.2) is 20.9 Å². The topological polar surface area (TPSA) is 64.1 Å². The summed E-state index contributed by atoms with van der Waals surface area (Å²) < 4.78 is 7.63. The highest BCUT2D eigenvalue weighted by atomic mass is 32.1. The minimum atomic E-state index is -0.404. The number of rotatable bonds is 17. The van der Waals surface area contributed by atoms with E-state index in [9.17, 15) is 9.59 Å². The molecule has 1 aromatic rings. The van der Waals surface area contributed by atoms with Crippen LogP contribution in [0.4, 0.5) is 0 Å². The van der Waals surface area contributed by atoms with Crippen molar-refractivity contribution >= 4 is 12.6 Å². The van der Waals surface area contributed by atoms with Crippen LogP contribution in [0.25, 0.3) is 0 Å². The Kier molecular flexibility index (Phi) is 13.4. The molecule has 2 heterocycles. The Hall–Kier alpha value is -1.01. The standard InChI is InChI=1S/C26H46N2O3S/c1-3-4-5-6-7-8-9-10-11-12-13-14-15-16-17-18-22-23(32)19-24(31-22)28-20-21(2)25(29)27-26(28)30/h20,22-24,32H,3-19H2,1-2H3,(H,27,29,30)/t22-,23+,24-/m1/s1. The average molecular weight is 467 g/mol. The molecule has 1 fully saturated rings. The molecule has 1 N–H and O–H groups in total. The van der Waals surface area contributed by atoms with Gasteiger partial charge in [-0.15, -0.1) is 0 Å². The third kappa shape index (κ3) is 9.86. The smallest absolute Gasteiger partial charge is 0.330 e. The van der Waals surface area contributed by atoms with E-state index < -0.39 is 5.69 Å². The first-order valence-electron chi connectivity index (χ1n) is 13.2. The lowest BCUT2D eigenvalue weighted by molar-refractivity contribution is -0.00445. The van der Waals surface area contributed by atoms with Crippen molar-refractivity contribution in [1.82, 2.24) is 9.55 Å². The number of hydrogen-bond donors (Lipinski definition) is 2. The lowest BCUT2D eigenvalue weighted by Crippen LogP contribution is -2.33. The largest absolute Gasteiger partial charge is 0.353 e. The molecule has 32 heavy (non-hydrogen) atoms. The molecule has 1 aromatic heterocycles. The monoisotopic (exact) mass is 466 g/mol. The highest BCUT2D eigenvalue weighted by Crippen LogP contribution is 2.33. The number of H-pyrrole nitrogens is 1. The molecule has 1 aliphatic rings. The zero-order valence-corrected chi connectivity index (χ0v) is 21.3. The van der Waals surface area contributed by atoms with E-state index in [1.165, 1.54) is 94.5 Å². The Morgan fingerprint density at radius 2 is 1.41 bits per heavy atom. The molecule has 6 heteroatoms. The molecule has 184 valence electrons. The summed E-state index contributed by atoms with van der Waals surface area (Å²) in [4.78, 5) is 26.0. The van der Waals surface area contributed by atoms with Crippen molar-refractivity contribution in [2.75, 3.05) is 0 Å². The minimum absolute atomic E-state index is 0.0736. The van der Waals surface area contributed by atoms with E-state index in [2.05, 4.69) is 11.9 Å². The summed E-state index contributed by atoms with van der Waals surface area (Å²) in [5.41, 5.74) is -0.213. The third-order valence-corrected chi connectivity index (χ3v) is 7.30. The van der Waals surface area contributed by atoms with Gasteiger partial charge in [0.2, 0.25) is 0 Å². The fourth-order valence-electron chi connectivity index (χ4n) is 4.66. The second-order valence-electron chi connectivity index (χ2n) is 9.65. The van der Waals surface area contributed by atoms with Crippen molar-refractivity contribution in [2.45, 2.75) is 141 Å². The van der Waals surface area contributed by atoms with Crippen molar-refractivity contribution in [2.24, 2.45) is 0 Å². The average Bonchev–Trinajstić information content (AvgIpc) is 3.13. The Morgan fingerprint density at radius 1 is 0.906 bits per heavy atom. The normalized spacial score (nSPS) is 20.8. The number of thiol groups is 1. The number of unbranched alkanes of at least 4 members (excludes halogenated alkanes) is 14. The molecule has 3 atom stereocenters. The van der Waals surface area contributed by atoms with E-state index in [0.717, 1.165) is 12.8 Å². The molecule has 0 aromatic carbocycles. The number of hydrogen-bond acceptors (Lipinski definition) is 4. The molecule has 0 aliphatic carbocycles. The van der Waals surface area contributed by atoms with Gasteiger partial charge in [-0.2, -0.15) is 12.6 Å². The van der Waals surface area contributed by atoms with Crippen molar-refractivity contribution in [3.63, 3.8) is 0 Å². The van der Waals surface area contributed by atoms with Crippen LogP contribution >= 0.6 is 12.6 Å². The minimum Gasteiger partial charge on any atom is -0.353 e. The lowest BCUT2D eigenvalue weighted by Gasteiger charge is -2.16. The molecule has 0 amide bonds. The van der Waals surface area contributed by atoms with E-state index in [1.807, 2.05) is 0 Å². The summed E-state index contributed by atoms with van der Waals surface area (Å²) in [6.45, 7) is 3.98. The summed E-state index contributed by atoms with van der Waals surface area (Å²) in [5.74, 6) is 0. The van der Waals surface area contributed by atoms with Gasteiger partial charge in [0.15, 0.2) is 0 Å². The molecule has 0 saturated carbocycles. The molecule has 1 saturated heterocycles. The van der Waals surface area contributed by atoms with Crippen molar-refractivity contribution in [1.29, 1.82) is 0 Å². The van der Waals surface area contributed by atoms with Crippen LogP contribution in [-0.2, 0) is 4.74 Å². The van der Waals surface area contributed by atoms with Crippen LogP contribution in [0.5, 0.6) is 0 Å². The maximum atomic E-state index is 12.1. The van der Waals surface area contributed by atoms with E-state index in [4.69, 9.17) is 17.4 Å². The molecule has 5 nitrogen and oxygen atoms in total. The van der Waals surface area contributed by atoms with Crippen molar-refractivity contribution in [3.8, 4) is 0 Å². The maximum Gasteiger partial charge on any atom is 0.330 e. The summed E-state index contributed by atoms with van der Waals surface area (Å²) in [6.07, 6.45) is 23.5. The van der Waals surface area contributed by atoms with Gasteiger partial charge in [-0.05, 0) is 13.3 Å². The molecule has 0 radical (unpaired) electrons. The number of aromatic amines is 1. The second kappa shape index (κ2) is 15.8. The molecular formula is C26H46N2O3S.